The molecule has 4 atom stereocenters. The fraction of sp³-hybridized carbons (Fsp3) is 0.500. The van der Waals surface area contributed by atoms with Gasteiger partial charge in [0.25, 0.3) is 0 Å². The SMILES string of the molecule is CC(O)(COC1OC2OC12)c1ccccc1. The molecule has 2 saturated heterocycles. The number of hydrogen-bond acceptors (Lipinski definition) is 4. The highest BCUT2D eigenvalue weighted by atomic mass is 16.9. The Balaban J connectivity index is 1.59. The molecule has 4 heteroatoms. The van der Waals surface area contributed by atoms with Crippen molar-refractivity contribution >= 4 is 0 Å². The van der Waals surface area contributed by atoms with Gasteiger partial charge in [-0.3, -0.25) is 0 Å². The van der Waals surface area contributed by atoms with E-state index in [1.807, 2.05) is 30.3 Å². The standard InChI is InChI=1S/C12H14O4/c1-12(13,8-5-3-2-4-6-8)7-14-10-9-11(15-9)16-10/h2-6,9-11,13H,7H2,1H3. The summed E-state index contributed by atoms with van der Waals surface area (Å²) in [6, 6.07) is 9.45. The number of fused-ring (bicyclic) bond motifs is 1. The number of ether oxygens (including phenoxy) is 3. The molecule has 0 saturated carbocycles. The number of rotatable bonds is 4. The van der Waals surface area contributed by atoms with E-state index in [0.29, 0.717) is 0 Å². The zero-order chi connectivity index (χ0) is 11.2. The molecule has 0 amide bonds. The third kappa shape index (κ3) is 1.74. The van der Waals surface area contributed by atoms with Crippen LogP contribution in [0.15, 0.2) is 30.3 Å². The normalized spacial score (nSPS) is 34.8. The summed E-state index contributed by atoms with van der Waals surface area (Å²) in [7, 11) is 0. The van der Waals surface area contributed by atoms with E-state index in [9.17, 15) is 5.11 Å². The molecule has 1 aromatic rings. The fourth-order valence-electron chi connectivity index (χ4n) is 1.79. The molecule has 4 nitrogen and oxygen atoms in total. The predicted molar refractivity (Wildman–Crippen MR) is 55.5 cm³/mol. The van der Waals surface area contributed by atoms with Gasteiger partial charge in [0.1, 0.15) is 5.60 Å². The van der Waals surface area contributed by atoms with Crippen molar-refractivity contribution in [3.8, 4) is 0 Å². The predicted octanol–water partition coefficient (Wildman–Crippen LogP) is 0.992. The number of benzene rings is 1. The molecule has 2 aliphatic heterocycles. The first-order valence-electron chi connectivity index (χ1n) is 5.37. The van der Waals surface area contributed by atoms with Crippen LogP contribution in [0.1, 0.15) is 12.5 Å². The zero-order valence-electron chi connectivity index (χ0n) is 9.00. The van der Waals surface area contributed by atoms with Gasteiger partial charge in [-0.15, -0.1) is 0 Å². The van der Waals surface area contributed by atoms with Crippen LogP contribution in [0.2, 0.25) is 0 Å². The summed E-state index contributed by atoms with van der Waals surface area (Å²) >= 11 is 0. The molecule has 0 spiro atoms. The fourth-order valence-corrected chi connectivity index (χ4v) is 1.79. The molecular formula is C12H14O4. The smallest absolute Gasteiger partial charge is 0.192 e. The van der Waals surface area contributed by atoms with Crippen molar-refractivity contribution in [1.29, 1.82) is 0 Å². The minimum Gasteiger partial charge on any atom is -0.383 e. The largest absolute Gasteiger partial charge is 0.383 e. The maximum atomic E-state index is 10.2. The van der Waals surface area contributed by atoms with Crippen LogP contribution >= 0.6 is 0 Å². The Kier molecular flexibility index (Phi) is 2.26. The molecule has 16 heavy (non-hydrogen) atoms. The van der Waals surface area contributed by atoms with Gasteiger partial charge >= 0.3 is 0 Å². The van der Waals surface area contributed by atoms with E-state index in [1.54, 1.807) is 6.92 Å². The molecule has 1 N–H and O–H groups in total. The second kappa shape index (κ2) is 3.53. The first kappa shape index (κ1) is 10.2. The lowest BCUT2D eigenvalue weighted by Gasteiger charge is -2.28. The molecule has 0 aromatic heterocycles. The van der Waals surface area contributed by atoms with Crippen LogP contribution in [-0.4, -0.2) is 30.4 Å². The molecule has 2 aliphatic rings. The summed E-state index contributed by atoms with van der Waals surface area (Å²) in [5.74, 6) is 0. The van der Waals surface area contributed by atoms with Crippen LogP contribution in [-0.2, 0) is 19.8 Å². The van der Waals surface area contributed by atoms with Crippen LogP contribution in [0.25, 0.3) is 0 Å². The van der Waals surface area contributed by atoms with Crippen LogP contribution in [0, 0.1) is 0 Å². The van der Waals surface area contributed by atoms with E-state index >= 15 is 0 Å². The van der Waals surface area contributed by atoms with E-state index in [0.717, 1.165) is 5.56 Å². The third-order valence-corrected chi connectivity index (χ3v) is 2.94. The highest BCUT2D eigenvalue weighted by molar-refractivity contribution is 5.21. The summed E-state index contributed by atoms with van der Waals surface area (Å²) in [4.78, 5) is 0. The highest BCUT2D eigenvalue weighted by Gasteiger charge is 2.59. The first-order valence-corrected chi connectivity index (χ1v) is 5.37. The lowest BCUT2D eigenvalue weighted by molar-refractivity contribution is -0.223. The van der Waals surface area contributed by atoms with E-state index in [4.69, 9.17) is 14.2 Å². The molecule has 2 heterocycles. The van der Waals surface area contributed by atoms with Crippen molar-refractivity contribution in [3.05, 3.63) is 35.9 Å². The van der Waals surface area contributed by atoms with Gasteiger partial charge in [0.15, 0.2) is 18.7 Å². The molecule has 0 aliphatic carbocycles. The average Bonchev–Trinajstić information content (AvgIpc) is 2.91. The van der Waals surface area contributed by atoms with Crippen molar-refractivity contribution in [2.45, 2.75) is 31.2 Å². The molecule has 2 fully saturated rings. The van der Waals surface area contributed by atoms with Gasteiger partial charge in [0, 0.05) is 0 Å². The van der Waals surface area contributed by atoms with Crippen molar-refractivity contribution in [1.82, 2.24) is 0 Å². The topological polar surface area (TPSA) is 51.2 Å². The lowest BCUT2D eigenvalue weighted by atomic mass is 9.97. The maximum absolute atomic E-state index is 10.2. The number of hydrogen-bond donors (Lipinski definition) is 1. The quantitative estimate of drug-likeness (QED) is 0.772. The molecule has 0 radical (unpaired) electrons. The Morgan fingerprint density at radius 1 is 1.31 bits per heavy atom. The van der Waals surface area contributed by atoms with Crippen molar-refractivity contribution in [2.24, 2.45) is 0 Å². The molecule has 0 bridgehead atoms. The van der Waals surface area contributed by atoms with Crippen molar-refractivity contribution in [3.63, 3.8) is 0 Å². The lowest BCUT2D eigenvalue weighted by Crippen LogP contribution is -2.40. The van der Waals surface area contributed by atoms with Crippen LogP contribution in [0.4, 0.5) is 0 Å². The van der Waals surface area contributed by atoms with Crippen molar-refractivity contribution < 1.29 is 19.3 Å². The summed E-state index contributed by atoms with van der Waals surface area (Å²) in [5, 5.41) is 10.2. The summed E-state index contributed by atoms with van der Waals surface area (Å²) in [6.07, 6.45) is -0.265. The Bertz CT molecular complexity index is 376. The second-order valence-corrected chi connectivity index (χ2v) is 4.42. The first-order chi connectivity index (χ1) is 7.67. The monoisotopic (exact) mass is 222 g/mol. The summed E-state index contributed by atoms with van der Waals surface area (Å²) in [6.45, 7) is 1.93. The highest BCUT2D eigenvalue weighted by Crippen LogP contribution is 2.41. The molecule has 86 valence electrons. The van der Waals surface area contributed by atoms with E-state index in [1.165, 1.54) is 0 Å². The van der Waals surface area contributed by atoms with Gasteiger partial charge in [-0.05, 0) is 12.5 Å². The number of aliphatic hydroxyl groups is 1. The minimum absolute atomic E-state index is 0.0494. The van der Waals surface area contributed by atoms with E-state index in [2.05, 4.69) is 0 Å². The second-order valence-electron chi connectivity index (χ2n) is 4.42. The van der Waals surface area contributed by atoms with Crippen LogP contribution in [0.5, 0.6) is 0 Å². The van der Waals surface area contributed by atoms with Gasteiger partial charge in [-0.1, -0.05) is 30.3 Å². The molecule has 3 rings (SSSR count). The third-order valence-electron chi connectivity index (χ3n) is 2.94. The van der Waals surface area contributed by atoms with E-state index < -0.39 is 5.60 Å². The van der Waals surface area contributed by atoms with Crippen molar-refractivity contribution in [2.75, 3.05) is 6.61 Å². The molecular weight excluding hydrogens is 208 g/mol. The Morgan fingerprint density at radius 2 is 2.06 bits per heavy atom. The summed E-state index contributed by atoms with van der Waals surface area (Å²) < 4.78 is 15.7. The van der Waals surface area contributed by atoms with Gasteiger partial charge in [0.05, 0.1) is 6.61 Å². The zero-order valence-corrected chi connectivity index (χ0v) is 9.00. The Labute approximate surface area is 93.7 Å². The minimum atomic E-state index is -0.995. The Morgan fingerprint density at radius 3 is 2.62 bits per heavy atom. The Hall–Kier alpha value is -0.940. The number of epoxide rings is 1. The van der Waals surface area contributed by atoms with Crippen LogP contribution in [0.3, 0.4) is 0 Å². The summed E-state index contributed by atoms with van der Waals surface area (Å²) in [5.41, 5.74) is -0.160. The maximum Gasteiger partial charge on any atom is 0.192 e. The van der Waals surface area contributed by atoms with Gasteiger partial charge in [-0.25, -0.2) is 0 Å². The van der Waals surface area contributed by atoms with Gasteiger partial charge in [0.2, 0.25) is 0 Å². The average molecular weight is 222 g/mol. The van der Waals surface area contributed by atoms with Crippen LogP contribution < -0.4 is 0 Å². The van der Waals surface area contributed by atoms with Gasteiger partial charge < -0.3 is 19.3 Å². The van der Waals surface area contributed by atoms with E-state index in [-0.39, 0.29) is 25.3 Å². The molecule has 4 unspecified atom stereocenters. The van der Waals surface area contributed by atoms with Gasteiger partial charge in [-0.2, -0.15) is 0 Å². The molecule has 1 aromatic carbocycles.